The molecule has 1 aliphatic heterocycles. The number of carbonyl (C=O) groups is 3. The number of anilines is 3. The van der Waals surface area contributed by atoms with Crippen LogP contribution in [0.1, 0.15) is 25.7 Å². The van der Waals surface area contributed by atoms with E-state index < -0.39 is 73.6 Å². The van der Waals surface area contributed by atoms with E-state index in [1.807, 2.05) is 0 Å². The minimum atomic E-state index is -4.75. The number of nitrogens with zero attached hydrogens (tertiary/aromatic N) is 1. The Kier molecular flexibility index (Phi) is 9.36. The van der Waals surface area contributed by atoms with E-state index in [9.17, 15) is 40.7 Å². The Hall–Kier alpha value is -3.48. The lowest BCUT2D eigenvalue weighted by Gasteiger charge is -2.29. The summed E-state index contributed by atoms with van der Waals surface area (Å²) in [4.78, 5) is 40.0. The van der Waals surface area contributed by atoms with Crippen LogP contribution in [0.2, 0.25) is 5.02 Å². The summed E-state index contributed by atoms with van der Waals surface area (Å²) in [5.41, 5.74) is 6.65. The van der Waals surface area contributed by atoms with Crippen LogP contribution in [-0.2, 0) is 14.4 Å². The SMILES string of the molecule is NC(=O)C(CCC(F)(F)F)C(CCC(F)(F)F)C(=O)NC1CN(c2cccc(Cl)c2)c2ccccc2NC1=O. The van der Waals surface area contributed by atoms with Crippen LogP contribution < -0.4 is 21.3 Å². The minimum Gasteiger partial charge on any atom is -0.369 e. The number of nitrogens with two attached hydrogens (primary N) is 1. The van der Waals surface area contributed by atoms with Crippen LogP contribution in [0.3, 0.4) is 0 Å². The number of alkyl halides is 6. The van der Waals surface area contributed by atoms with E-state index >= 15 is 0 Å². The molecule has 3 rings (SSSR count). The summed E-state index contributed by atoms with van der Waals surface area (Å²) in [5, 5.41) is 5.35. The van der Waals surface area contributed by atoms with Crippen molar-refractivity contribution >= 4 is 46.4 Å². The second-order valence-corrected chi connectivity index (χ2v) is 9.52. The predicted molar refractivity (Wildman–Crippen MR) is 132 cm³/mol. The summed E-state index contributed by atoms with van der Waals surface area (Å²) < 4.78 is 77.6. The molecule has 39 heavy (non-hydrogen) atoms. The summed E-state index contributed by atoms with van der Waals surface area (Å²) in [7, 11) is 0. The zero-order chi connectivity index (χ0) is 29.0. The summed E-state index contributed by atoms with van der Waals surface area (Å²) >= 11 is 6.13. The average Bonchev–Trinajstić information content (AvgIpc) is 2.95. The molecule has 0 saturated heterocycles. The molecule has 0 aromatic heterocycles. The van der Waals surface area contributed by atoms with E-state index in [2.05, 4.69) is 10.6 Å². The van der Waals surface area contributed by atoms with Gasteiger partial charge in [-0.1, -0.05) is 29.8 Å². The Labute approximate surface area is 224 Å². The Morgan fingerprint density at radius 1 is 1.00 bits per heavy atom. The molecule has 0 bridgehead atoms. The first-order valence-corrected chi connectivity index (χ1v) is 12.2. The van der Waals surface area contributed by atoms with Crippen molar-refractivity contribution in [2.24, 2.45) is 17.6 Å². The standard InChI is InChI=1S/C25H25ClF6N4O3/c26-14-4-3-5-15(12-14)36-13-19(23(39)34-18-6-1-2-7-20(18)36)35-22(38)17(9-11-25(30,31)32)16(21(33)37)8-10-24(27,28)29/h1-7,12,16-17,19H,8-11,13H2,(H2,33,37)(H,34,39)(H,35,38). The fourth-order valence-electron chi connectivity index (χ4n) is 4.37. The van der Waals surface area contributed by atoms with Gasteiger partial charge in [0, 0.05) is 35.4 Å². The van der Waals surface area contributed by atoms with Crippen LogP contribution in [0.15, 0.2) is 48.5 Å². The van der Waals surface area contributed by atoms with Gasteiger partial charge in [-0.05, 0) is 43.2 Å². The molecule has 2 aromatic carbocycles. The van der Waals surface area contributed by atoms with Crippen molar-refractivity contribution in [3.63, 3.8) is 0 Å². The molecule has 1 heterocycles. The van der Waals surface area contributed by atoms with Crippen LogP contribution in [0.25, 0.3) is 0 Å². The minimum absolute atomic E-state index is 0.204. The van der Waals surface area contributed by atoms with Gasteiger partial charge in [-0.15, -0.1) is 0 Å². The maximum atomic E-state index is 13.2. The Balaban J connectivity index is 1.92. The third kappa shape index (κ3) is 8.50. The first kappa shape index (κ1) is 30.1. The number of carbonyl (C=O) groups excluding carboxylic acids is 3. The molecule has 0 fully saturated rings. The van der Waals surface area contributed by atoms with E-state index in [1.54, 1.807) is 53.4 Å². The zero-order valence-electron chi connectivity index (χ0n) is 20.3. The highest BCUT2D eigenvalue weighted by molar-refractivity contribution is 6.30. The second-order valence-electron chi connectivity index (χ2n) is 9.08. The first-order valence-electron chi connectivity index (χ1n) is 11.8. The molecule has 212 valence electrons. The lowest BCUT2D eigenvalue weighted by atomic mass is 9.83. The van der Waals surface area contributed by atoms with Gasteiger partial charge >= 0.3 is 12.4 Å². The van der Waals surface area contributed by atoms with Gasteiger partial charge in [-0.25, -0.2) is 0 Å². The zero-order valence-corrected chi connectivity index (χ0v) is 21.0. The molecule has 0 spiro atoms. The summed E-state index contributed by atoms with van der Waals surface area (Å²) in [6, 6.07) is 11.8. The van der Waals surface area contributed by atoms with Gasteiger partial charge in [0.05, 0.1) is 17.9 Å². The van der Waals surface area contributed by atoms with Crippen molar-refractivity contribution in [2.45, 2.75) is 44.1 Å². The molecule has 4 N–H and O–H groups in total. The number of hydrogen-bond acceptors (Lipinski definition) is 4. The van der Waals surface area contributed by atoms with Crippen molar-refractivity contribution in [3.05, 3.63) is 53.6 Å². The van der Waals surface area contributed by atoms with Crippen molar-refractivity contribution in [1.29, 1.82) is 0 Å². The lowest BCUT2D eigenvalue weighted by molar-refractivity contribution is -0.152. The third-order valence-corrected chi connectivity index (χ3v) is 6.47. The van der Waals surface area contributed by atoms with E-state index in [0.717, 1.165) is 0 Å². The van der Waals surface area contributed by atoms with E-state index in [4.69, 9.17) is 17.3 Å². The Bertz CT molecular complexity index is 1210. The number of nitrogens with one attached hydrogen (secondary N) is 2. The van der Waals surface area contributed by atoms with E-state index in [-0.39, 0.29) is 6.54 Å². The molecule has 14 heteroatoms. The van der Waals surface area contributed by atoms with E-state index in [0.29, 0.717) is 22.1 Å². The number of primary amides is 1. The van der Waals surface area contributed by atoms with Gasteiger partial charge < -0.3 is 21.3 Å². The molecule has 0 radical (unpaired) electrons. The molecular weight excluding hydrogens is 554 g/mol. The van der Waals surface area contributed by atoms with Gasteiger partial charge in [0.2, 0.25) is 17.7 Å². The molecule has 3 amide bonds. The van der Waals surface area contributed by atoms with Crippen LogP contribution in [-0.4, -0.2) is 42.7 Å². The van der Waals surface area contributed by atoms with Gasteiger partial charge in [0.25, 0.3) is 0 Å². The molecule has 0 aliphatic carbocycles. The molecule has 1 aliphatic rings. The maximum absolute atomic E-state index is 13.2. The fourth-order valence-corrected chi connectivity index (χ4v) is 4.56. The third-order valence-electron chi connectivity index (χ3n) is 6.24. The molecule has 7 nitrogen and oxygen atoms in total. The van der Waals surface area contributed by atoms with Crippen molar-refractivity contribution < 1.29 is 40.7 Å². The monoisotopic (exact) mass is 578 g/mol. The van der Waals surface area contributed by atoms with Gasteiger partial charge in [0.1, 0.15) is 6.04 Å². The molecule has 3 unspecified atom stereocenters. The number of hydrogen-bond donors (Lipinski definition) is 3. The number of fused-ring (bicyclic) bond motifs is 1. The number of para-hydroxylation sites is 2. The van der Waals surface area contributed by atoms with Crippen LogP contribution in [0, 0.1) is 11.8 Å². The fraction of sp³-hybridized carbons (Fsp3) is 0.400. The summed E-state index contributed by atoms with van der Waals surface area (Å²) in [6.07, 6.45) is -14.5. The summed E-state index contributed by atoms with van der Waals surface area (Å²) in [5.74, 6) is -6.96. The molecule has 0 saturated carbocycles. The second kappa shape index (κ2) is 12.1. The lowest BCUT2D eigenvalue weighted by Crippen LogP contribution is -2.52. The number of rotatable bonds is 9. The van der Waals surface area contributed by atoms with Gasteiger partial charge in [0.15, 0.2) is 0 Å². The van der Waals surface area contributed by atoms with Gasteiger partial charge in [-0.2, -0.15) is 26.3 Å². The Morgan fingerprint density at radius 3 is 2.21 bits per heavy atom. The number of benzene rings is 2. The summed E-state index contributed by atoms with van der Waals surface area (Å²) in [6.45, 7) is -0.204. The smallest absolute Gasteiger partial charge is 0.369 e. The highest BCUT2D eigenvalue weighted by Crippen LogP contribution is 2.36. The quantitative estimate of drug-likeness (QED) is 0.350. The first-order chi connectivity index (χ1) is 18.1. The molecule has 2 aromatic rings. The number of amides is 3. The highest BCUT2D eigenvalue weighted by Gasteiger charge is 2.41. The predicted octanol–water partition coefficient (Wildman–Crippen LogP) is 5.32. The van der Waals surface area contributed by atoms with Gasteiger partial charge in [-0.3, -0.25) is 14.4 Å². The maximum Gasteiger partial charge on any atom is 0.389 e. The van der Waals surface area contributed by atoms with E-state index in [1.165, 1.54) is 0 Å². The van der Waals surface area contributed by atoms with Crippen molar-refractivity contribution in [1.82, 2.24) is 5.32 Å². The average molecular weight is 579 g/mol. The molecular formula is C25H25ClF6N4O3. The number of halogens is 7. The van der Waals surface area contributed by atoms with Crippen LogP contribution in [0.4, 0.5) is 43.4 Å². The molecule has 3 atom stereocenters. The normalized spacial score (nSPS) is 17.5. The van der Waals surface area contributed by atoms with Crippen molar-refractivity contribution in [2.75, 3.05) is 16.8 Å². The topological polar surface area (TPSA) is 105 Å². The van der Waals surface area contributed by atoms with Crippen molar-refractivity contribution in [3.8, 4) is 0 Å². The largest absolute Gasteiger partial charge is 0.389 e. The highest BCUT2D eigenvalue weighted by atomic mass is 35.5. The Morgan fingerprint density at radius 2 is 1.62 bits per heavy atom. The van der Waals surface area contributed by atoms with Crippen LogP contribution >= 0.6 is 11.6 Å². The van der Waals surface area contributed by atoms with Crippen LogP contribution in [0.5, 0.6) is 0 Å².